The average molecular weight is 942 g/mol. The molecule has 1 saturated carbocycles. The van der Waals surface area contributed by atoms with Crippen LogP contribution in [0.2, 0.25) is 0 Å². The van der Waals surface area contributed by atoms with Gasteiger partial charge in [0.15, 0.2) is 23.0 Å². The van der Waals surface area contributed by atoms with Gasteiger partial charge in [0.25, 0.3) is 0 Å². The molecule has 3 aliphatic rings. The number of phenols is 3. The number of aromatic hydroxyl groups is 3. The minimum Gasteiger partial charge on any atom is -0.508 e. The highest BCUT2D eigenvalue weighted by Crippen LogP contribution is 2.64. The highest BCUT2D eigenvalue weighted by molar-refractivity contribution is 5.98. The lowest BCUT2D eigenvalue weighted by Crippen LogP contribution is -2.60. The van der Waals surface area contributed by atoms with E-state index in [4.69, 9.17) is 18.9 Å². The molecule has 11 nitrogen and oxygen atoms in total. The molecule has 5 N–H and O–H groups in total. The smallest absolute Gasteiger partial charge is 0.310 e. The van der Waals surface area contributed by atoms with Crippen molar-refractivity contribution in [1.82, 2.24) is 5.32 Å². The minimum absolute atomic E-state index is 0.0357. The van der Waals surface area contributed by atoms with E-state index >= 15 is 0 Å². The molecule has 0 aromatic heterocycles. The number of methoxy groups -OCH3 is 2. The van der Waals surface area contributed by atoms with E-state index in [1.54, 1.807) is 24.3 Å². The largest absolute Gasteiger partial charge is 0.508 e. The molecule has 10 rings (SSSR count). The standard InChI is InChI=1S/C59H59NO10/c1-33(62)69-55-28-44(70-58(66)20-34-12-13-39-22-43(63)26-46(45(39)19-34)38-11-7-8-35(18-38)31-60-2)27-49-47-30-57(68-4)53(64)24-40(47)15-17-50(49)59(42-16-14-36-9-5-6-10-37(36)21-42)51(55)23-41-25-56(67-3)54(65)29-48(41)52(59)32-61/h5-14,16,18-19,21-22,24-26,29-30,44,49-52,55,60-61,63-65H,15,17,20,23,27-28,31-32H2,1-4H3/t44-,49+,50+,51+,52+,55+,59+/m0/s1. The molecule has 1 fully saturated rings. The Kier molecular flexibility index (Phi) is 12.7. The van der Waals surface area contributed by atoms with E-state index in [1.165, 1.54) is 21.1 Å². The van der Waals surface area contributed by atoms with Gasteiger partial charge in [-0.15, -0.1) is 0 Å². The Balaban J connectivity index is 1.11. The monoisotopic (exact) mass is 941 g/mol. The number of hydrogen-bond donors (Lipinski definition) is 5. The van der Waals surface area contributed by atoms with Gasteiger partial charge in [0.05, 0.1) is 27.2 Å². The summed E-state index contributed by atoms with van der Waals surface area (Å²) in [5.41, 5.74) is 7.25. The van der Waals surface area contributed by atoms with Gasteiger partial charge in [-0.25, -0.2) is 0 Å². The van der Waals surface area contributed by atoms with Crippen molar-refractivity contribution in [2.24, 2.45) is 11.8 Å². The third-order valence-electron chi connectivity index (χ3n) is 15.6. The lowest BCUT2D eigenvalue weighted by atomic mass is 9.44. The number of aliphatic hydroxyl groups is 1. The summed E-state index contributed by atoms with van der Waals surface area (Å²) in [5, 5.41) is 52.3. The quantitative estimate of drug-likeness (QED) is 0.0785. The first-order valence-corrected chi connectivity index (χ1v) is 24.2. The summed E-state index contributed by atoms with van der Waals surface area (Å²) < 4.78 is 24.6. The fourth-order valence-corrected chi connectivity index (χ4v) is 12.9. The van der Waals surface area contributed by atoms with Gasteiger partial charge in [-0.2, -0.15) is 0 Å². The normalized spacial score (nSPS) is 22.6. The second-order valence-corrected chi connectivity index (χ2v) is 19.4. The number of fused-ring (bicyclic) bond motifs is 8. The molecule has 7 aromatic carbocycles. The number of phenolic OH excluding ortho intramolecular Hbond substituents is 3. The first-order valence-electron chi connectivity index (χ1n) is 24.2. The minimum atomic E-state index is -0.917. The van der Waals surface area contributed by atoms with Gasteiger partial charge in [0, 0.05) is 37.1 Å². The lowest BCUT2D eigenvalue weighted by molar-refractivity contribution is -0.164. The molecule has 0 saturated heterocycles. The number of esters is 2. The third-order valence-corrected chi connectivity index (χ3v) is 15.6. The maximum absolute atomic E-state index is 14.6. The van der Waals surface area contributed by atoms with Gasteiger partial charge < -0.3 is 44.7 Å². The molecule has 360 valence electrons. The summed E-state index contributed by atoms with van der Waals surface area (Å²) in [6.07, 6.45) is 0.596. The number of aliphatic hydroxyl groups excluding tert-OH is 1. The van der Waals surface area contributed by atoms with Crippen LogP contribution in [0, 0.1) is 11.8 Å². The van der Waals surface area contributed by atoms with Crippen molar-refractivity contribution in [3.05, 3.63) is 160 Å². The number of carbonyl (C=O) groups excluding carboxylic acids is 2. The molecular weight excluding hydrogens is 883 g/mol. The number of carbonyl (C=O) groups is 2. The molecule has 0 spiro atoms. The van der Waals surface area contributed by atoms with Crippen LogP contribution in [0.3, 0.4) is 0 Å². The van der Waals surface area contributed by atoms with Crippen LogP contribution < -0.4 is 14.8 Å². The molecule has 0 radical (unpaired) electrons. The van der Waals surface area contributed by atoms with Crippen molar-refractivity contribution >= 4 is 33.5 Å². The number of aryl methyl sites for hydroxylation is 1. The van der Waals surface area contributed by atoms with E-state index in [0.717, 1.165) is 71.6 Å². The fraction of sp³-hybridized carbons (Fsp3) is 0.322. The molecule has 11 heteroatoms. The molecule has 0 bridgehead atoms. The van der Waals surface area contributed by atoms with Crippen molar-refractivity contribution in [2.45, 2.75) is 81.5 Å². The summed E-state index contributed by atoms with van der Waals surface area (Å²) in [4.78, 5) is 28.1. The average Bonchev–Trinajstić information content (AvgIpc) is 3.34. The van der Waals surface area contributed by atoms with Crippen molar-refractivity contribution in [1.29, 1.82) is 0 Å². The predicted molar refractivity (Wildman–Crippen MR) is 269 cm³/mol. The molecule has 3 aliphatic carbocycles. The van der Waals surface area contributed by atoms with Gasteiger partial charge in [-0.3, -0.25) is 9.59 Å². The van der Waals surface area contributed by atoms with E-state index in [2.05, 4.69) is 41.7 Å². The number of benzene rings is 7. The van der Waals surface area contributed by atoms with Crippen LogP contribution in [0.15, 0.2) is 121 Å². The summed E-state index contributed by atoms with van der Waals surface area (Å²) in [5.74, 6) is -1.76. The van der Waals surface area contributed by atoms with Gasteiger partial charge >= 0.3 is 11.9 Å². The van der Waals surface area contributed by atoms with Gasteiger partial charge in [0.1, 0.15) is 18.0 Å². The van der Waals surface area contributed by atoms with Crippen LogP contribution >= 0.6 is 0 Å². The number of hydrogen-bond acceptors (Lipinski definition) is 11. The number of rotatable bonds is 11. The molecule has 0 heterocycles. The molecular formula is C59H59NO10. The van der Waals surface area contributed by atoms with E-state index in [1.807, 2.05) is 67.7 Å². The van der Waals surface area contributed by atoms with Gasteiger partial charge in [0.2, 0.25) is 0 Å². The zero-order valence-electron chi connectivity index (χ0n) is 39.9. The Labute approximate surface area is 407 Å². The van der Waals surface area contributed by atoms with Gasteiger partial charge in [-0.1, -0.05) is 72.8 Å². The molecule has 0 aliphatic heterocycles. The van der Waals surface area contributed by atoms with Crippen LogP contribution in [0.25, 0.3) is 32.7 Å². The molecule has 7 aromatic rings. The molecule has 7 atom stereocenters. The van der Waals surface area contributed by atoms with E-state index in [9.17, 15) is 30.0 Å². The molecule has 0 amide bonds. The Morgan fingerprint density at radius 3 is 2.26 bits per heavy atom. The number of nitrogens with one attached hydrogen (secondary N) is 1. The van der Waals surface area contributed by atoms with Crippen molar-refractivity contribution < 1.29 is 49.0 Å². The Bertz CT molecular complexity index is 3150. The van der Waals surface area contributed by atoms with Crippen molar-refractivity contribution in [2.75, 3.05) is 27.9 Å². The maximum atomic E-state index is 14.6. The zero-order valence-corrected chi connectivity index (χ0v) is 39.9. The van der Waals surface area contributed by atoms with Crippen LogP contribution in [0.1, 0.15) is 77.0 Å². The van der Waals surface area contributed by atoms with Crippen LogP contribution in [-0.4, -0.2) is 72.4 Å². The second kappa shape index (κ2) is 19.0. The van der Waals surface area contributed by atoms with E-state index in [0.29, 0.717) is 43.7 Å². The third kappa shape index (κ3) is 8.34. The predicted octanol–water partition coefficient (Wildman–Crippen LogP) is 9.93. The summed E-state index contributed by atoms with van der Waals surface area (Å²) in [6.45, 7) is 1.81. The summed E-state index contributed by atoms with van der Waals surface area (Å²) in [7, 11) is 4.93. The first kappa shape index (κ1) is 46.6. The zero-order chi connectivity index (χ0) is 48.8. The van der Waals surface area contributed by atoms with E-state index < -0.39 is 41.4 Å². The summed E-state index contributed by atoms with van der Waals surface area (Å²) >= 11 is 0. The topological polar surface area (TPSA) is 164 Å². The SMILES string of the molecule is CNCc1cccc(-c2cc(O)cc3ccc(CC(=O)O[C@H]4C[C@@H]5c6cc(OC)c(O)cc6CC[C@H]5[C@@]5(c6ccc7ccccc7c6)[C@H](CO)c6cc(O)c(OC)cc6C[C@@H]5[C@H](OC(C)=O)C4)cc23)c1. The fourth-order valence-electron chi connectivity index (χ4n) is 12.9. The van der Waals surface area contributed by atoms with Crippen LogP contribution in [0.5, 0.6) is 28.7 Å². The van der Waals surface area contributed by atoms with Gasteiger partial charge in [-0.05, 0) is 165 Å². The number of ether oxygens (including phenoxy) is 4. The molecule has 70 heavy (non-hydrogen) atoms. The molecule has 0 unspecified atom stereocenters. The first-order chi connectivity index (χ1) is 33.9. The lowest BCUT2D eigenvalue weighted by Gasteiger charge is -2.60. The Hall–Kier alpha value is -7.08. The van der Waals surface area contributed by atoms with E-state index in [-0.39, 0.29) is 48.5 Å². The van der Waals surface area contributed by atoms with Crippen LogP contribution in [-0.2, 0) is 50.3 Å². The highest BCUT2D eigenvalue weighted by atomic mass is 16.6. The van der Waals surface area contributed by atoms with Crippen LogP contribution in [0.4, 0.5) is 0 Å². The maximum Gasteiger partial charge on any atom is 0.310 e. The summed E-state index contributed by atoms with van der Waals surface area (Å²) in [6, 6.07) is 39.3. The Morgan fingerprint density at radius 2 is 1.49 bits per heavy atom. The van der Waals surface area contributed by atoms with Crippen molar-refractivity contribution in [3.63, 3.8) is 0 Å². The van der Waals surface area contributed by atoms with Crippen molar-refractivity contribution in [3.8, 4) is 39.9 Å². The Morgan fingerprint density at radius 1 is 0.714 bits per heavy atom. The highest BCUT2D eigenvalue weighted by Gasteiger charge is 2.62. The second-order valence-electron chi connectivity index (χ2n) is 19.4.